The second-order valence-electron chi connectivity index (χ2n) is 6.28. The summed E-state index contributed by atoms with van der Waals surface area (Å²) in [6, 6.07) is 7.85. The predicted molar refractivity (Wildman–Crippen MR) is 96.3 cm³/mol. The lowest BCUT2D eigenvalue weighted by molar-refractivity contribution is 0.190. The Hall–Kier alpha value is -1.41. The molecule has 136 valence electrons. The van der Waals surface area contributed by atoms with E-state index in [1.165, 1.54) is 9.87 Å². The summed E-state index contributed by atoms with van der Waals surface area (Å²) in [5, 5.41) is 4.50. The molecular formula is C17H22ClN3O3S. The summed E-state index contributed by atoms with van der Waals surface area (Å²) >= 11 is 6.01. The summed E-state index contributed by atoms with van der Waals surface area (Å²) in [5.74, 6) is 0.348. The van der Waals surface area contributed by atoms with Gasteiger partial charge >= 0.3 is 0 Å². The van der Waals surface area contributed by atoms with Gasteiger partial charge in [0.1, 0.15) is 10.6 Å². The van der Waals surface area contributed by atoms with Crippen LogP contribution in [0, 0.1) is 13.8 Å². The third-order valence-electron chi connectivity index (χ3n) is 4.50. The van der Waals surface area contributed by atoms with E-state index >= 15 is 0 Å². The van der Waals surface area contributed by atoms with Crippen LogP contribution in [0.15, 0.2) is 33.7 Å². The Bertz CT molecular complexity index is 823. The Kier molecular flexibility index (Phi) is 5.48. The number of rotatable bonds is 5. The molecule has 0 N–H and O–H groups in total. The molecule has 1 saturated heterocycles. The maximum absolute atomic E-state index is 12.8. The van der Waals surface area contributed by atoms with Gasteiger partial charge in [-0.05, 0) is 38.0 Å². The number of aryl methyl sites for hydroxylation is 2. The zero-order chi connectivity index (χ0) is 18.0. The molecular weight excluding hydrogens is 362 g/mol. The molecule has 1 aliphatic rings. The van der Waals surface area contributed by atoms with E-state index in [1.54, 1.807) is 13.8 Å². The highest BCUT2D eigenvalue weighted by atomic mass is 35.5. The van der Waals surface area contributed by atoms with Crippen LogP contribution in [-0.4, -0.2) is 55.5 Å². The number of hydrogen-bond donors (Lipinski definition) is 0. The lowest BCUT2D eigenvalue weighted by atomic mass is 10.1. The van der Waals surface area contributed by atoms with Crippen molar-refractivity contribution in [1.29, 1.82) is 0 Å². The Morgan fingerprint density at radius 1 is 1.20 bits per heavy atom. The van der Waals surface area contributed by atoms with Crippen molar-refractivity contribution in [3.63, 3.8) is 0 Å². The molecule has 2 heterocycles. The van der Waals surface area contributed by atoms with Crippen molar-refractivity contribution in [3.05, 3.63) is 46.3 Å². The Morgan fingerprint density at radius 2 is 1.92 bits per heavy atom. The van der Waals surface area contributed by atoms with E-state index in [0.717, 1.165) is 18.0 Å². The van der Waals surface area contributed by atoms with Crippen molar-refractivity contribution in [2.75, 3.05) is 32.7 Å². The fourth-order valence-electron chi connectivity index (χ4n) is 3.15. The molecule has 1 aromatic carbocycles. The number of benzene rings is 1. The van der Waals surface area contributed by atoms with Crippen molar-refractivity contribution in [2.24, 2.45) is 0 Å². The van der Waals surface area contributed by atoms with Gasteiger partial charge < -0.3 is 9.42 Å². The van der Waals surface area contributed by atoms with Crippen molar-refractivity contribution < 1.29 is 12.9 Å². The first kappa shape index (κ1) is 18.4. The highest BCUT2D eigenvalue weighted by Crippen LogP contribution is 2.24. The normalized spacial score (nSPS) is 17.1. The van der Waals surface area contributed by atoms with Gasteiger partial charge in [0, 0.05) is 37.7 Å². The fraction of sp³-hybridized carbons (Fsp3) is 0.471. The molecule has 0 unspecified atom stereocenters. The minimum atomic E-state index is -3.54. The minimum absolute atomic E-state index is 0.208. The number of halogens is 1. The van der Waals surface area contributed by atoms with E-state index in [4.69, 9.17) is 16.1 Å². The molecule has 6 nitrogen and oxygen atoms in total. The molecule has 0 atom stereocenters. The molecule has 0 amide bonds. The summed E-state index contributed by atoms with van der Waals surface area (Å²) < 4.78 is 32.1. The van der Waals surface area contributed by atoms with Crippen LogP contribution in [0.25, 0.3) is 0 Å². The molecule has 8 heteroatoms. The van der Waals surface area contributed by atoms with Crippen LogP contribution in [0.4, 0.5) is 0 Å². The minimum Gasteiger partial charge on any atom is -0.360 e. The third-order valence-corrected chi connectivity index (χ3v) is 6.88. The van der Waals surface area contributed by atoms with Crippen LogP contribution in [-0.2, 0) is 16.4 Å². The molecule has 0 radical (unpaired) electrons. The summed E-state index contributed by atoms with van der Waals surface area (Å²) in [6.07, 6.45) is 0.900. The van der Waals surface area contributed by atoms with Crippen LogP contribution in [0.3, 0.4) is 0 Å². The molecule has 3 rings (SSSR count). The van der Waals surface area contributed by atoms with E-state index in [0.29, 0.717) is 37.6 Å². The van der Waals surface area contributed by atoms with E-state index in [2.05, 4.69) is 16.1 Å². The smallest absolute Gasteiger partial charge is 0.248 e. The average Bonchev–Trinajstić information content (AvgIpc) is 2.93. The molecule has 1 aromatic heterocycles. The lowest BCUT2D eigenvalue weighted by Gasteiger charge is -2.33. The highest BCUT2D eigenvalue weighted by Gasteiger charge is 2.33. The number of hydrogen-bond acceptors (Lipinski definition) is 5. The van der Waals surface area contributed by atoms with Crippen molar-refractivity contribution in [1.82, 2.24) is 14.4 Å². The van der Waals surface area contributed by atoms with E-state index in [1.807, 2.05) is 18.2 Å². The fourth-order valence-corrected chi connectivity index (χ4v) is 5.07. The van der Waals surface area contributed by atoms with Crippen molar-refractivity contribution in [2.45, 2.75) is 25.2 Å². The molecule has 2 aromatic rings. The Morgan fingerprint density at radius 3 is 2.52 bits per heavy atom. The number of sulfonamides is 1. The van der Waals surface area contributed by atoms with E-state index in [-0.39, 0.29) is 4.90 Å². The maximum Gasteiger partial charge on any atom is 0.248 e. The molecule has 25 heavy (non-hydrogen) atoms. The van der Waals surface area contributed by atoms with Gasteiger partial charge in [-0.15, -0.1) is 0 Å². The molecule has 1 fully saturated rings. The van der Waals surface area contributed by atoms with Crippen LogP contribution >= 0.6 is 11.6 Å². The Balaban J connectivity index is 1.58. The standard InChI is InChI=1S/C17H22ClN3O3S/c1-13-17(14(2)24-19-13)25(22,23)21-10-8-20(9-11-21)7-6-15-4-3-5-16(18)12-15/h3-5,12H,6-11H2,1-2H3. The number of piperazine rings is 1. The summed E-state index contributed by atoms with van der Waals surface area (Å²) in [4.78, 5) is 2.49. The first-order valence-electron chi connectivity index (χ1n) is 8.28. The number of nitrogens with zero attached hydrogens (tertiary/aromatic N) is 3. The van der Waals surface area contributed by atoms with Gasteiger partial charge in [0.2, 0.25) is 10.0 Å². The Labute approximate surface area is 153 Å². The van der Waals surface area contributed by atoms with Crippen LogP contribution < -0.4 is 0 Å². The van der Waals surface area contributed by atoms with Gasteiger partial charge in [-0.3, -0.25) is 0 Å². The lowest BCUT2D eigenvalue weighted by Crippen LogP contribution is -2.49. The zero-order valence-corrected chi connectivity index (χ0v) is 16.0. The summed E-state index contributed by atoms with van der Waals surface area (Å²) in [7, 11) is -3.54. The monoisotopic (exact) mass is 383 g/mol. The SMILES string of the molecule is Cc1noc(C)c1S(=O)(=O)N1CCN(CCc2cccc(Cl)c2)CC1. The largest absolute Gasteiger partial charge is 0.360 e. The van der Waals surface area contributed by atoms with Crippen molar-refractivity contribution in [3.8, 4) is 0 Å². The van der Waals surface area contributed by atoms with Gasteiger partial charge in [0.15, 0.2) is 5.76 Å². The van der Waals surface area contributed by atoms with Crippen LogP contribution in [0.5, 0.6) is 0 Å². The molecule has 0 aliphatic carbocycles. The molecule has 0 spiro atoms. The van der Waals surface area contributed by atoms with E-state index in [9.17, 15) is 8.42 Å². The van der Waals surface area contributed by atoms with Gasteiger partial charge in [0.05, 0.1) is 0 Å². The first-order valence-corrected chi connectivity index (χ1v) is 10.1. The van der Waals surface area contributed by atoms with Gasteiger partial charge in [-0.25, -0.2) is 8.42 Å². The quantitative estimate of drug-likeness (QED) is 0.793. The first-order chi connectivity index (χ1) is 11.9. The second kappa shape index (κ2) is 7.45. The highest BCUT2D eigenvalue weighted by molar-refractivity contribution is 7.89. The summed E-state index contributed by atoms with van der Waals surface area (Å²) in [5.41, 5.74) is 1.61. The maximum atomic E-state index is 12.8. The molecule has 0 saturated carbocycles. The topological polar surface area (TPSA) is 66.7 Å². The van der Waals surface area contributed by atoms with Crippen LogP contribution in [0.2, 0.25) is 5.02 Å². The van der Waals surface area contributed by atoms with Gasteiger partial charge in [-0.1, -0.05) is 28.9 Å². The third kappa shape index (κ3) is 4.06. The zero-order valence-electron chi connectivity index (χ0n) is 14.4. The number of aromatic nitrogens is 1. The predicted octanol–water partition coefficient (Wildman–Crippen LogP) is 2.49. The molecule has 1 aliphatic heterocycles. The second-order valence-corrected chi connectivity index (χ2v) is 8.59. The van der Waals surface area contributed by atoms with E-state index < -0.39 is 10.0 Å². The van der Waals surface area contributed by atoms with Crippen LogP contribution in [0.1, 0.15) is 17.0 Å². The van der Waals surface area contributed by atoms with Crippen molar-refractivity contribution >= 4 is 21.6 Å². The summed E-state index contributed by atoms with van der Waals surface area (Å²) in [6.45, 7) is 6.55. The average molecular weight is 384 g/mol. The molecule has 0 bridgehead atoms. The van der Waals surface area contributed by atoms with Gasteiger partial charge in [0.25, 0.3) is 0 Å². The van der Waals surface area contributed by atoms with Gasteiger partial charge in [-0.2, -0.15) is 4.31 Å².